The van der Waals surface area contributed by atoms with Gasteiger partial charge in [-0.1, -0.05) is 42.5 Å². The molecule has 148 valence electrons. The van der Waals surface area contributed by atoms with Crippen LogP contribution >= 0.6 is 24.0 Å². The van der Waals surface area contributed by atoms with Gasteiger partial charge in [0.2, 0.25) is 0 Å². The Labute approximate surface area is 179 Å². The number of guanidine groups is 1. The van der Waals surface area contributed by atoms with Crippen molar-refractivity contribution in [2.45, 2.75) is 25.4 Å². The topological polar surface area (TPSA) is 48.9 Å². The molecule has 0 radical (unpaired) electrons. The van der Waals surface area contributed by atoms with Gasteiger partial charge in [-0.2, -0.15) is 0 Å². The molecule has 2 aromatic rings. The molecule has 1 saturated heterocycles. The third-order valence-corrected chi connectivity index (χ3v) is 5.09. The van der Waals surface area contributed by atoms with Crippen LogP contribution in [0.5, 0.6) is 0 Å². The summed E-state index contributed by atoms with van der Waals surface area (Å²) in [4.78, 5) is 6.87. The summed E-state index contributed by atoms with van der Waals surface area (Å²) in [6, 6.07) is 15.4. The number of piperidine rings is 1. The van der Waals surface area contributed by atoms with Crippen molar-refractivity contribution < 1.29 is 4.74 Å². The molecule has 1 fully saturated rings. The predicted molar refractivity (Wildman–Crippen MR) is 124 cm³/mol. The van der Waals surface area contributed by atoms with Crippen molar-refractivity contribution in [3.8, 4) is 0 Å². The number of benzene rings is 2. The first kappa shape index (κ1) is 21.9. The lowest BCUT2D eigenvalue weighted by atomic mass is 10.0. The minimum Gasteiger partial charge on any atom is -0.383 e. The lowest BCUT2D eigenvalue weighted by molar-refractivity contribution is 0.128. The molecule has 0 spiro atoms. The van der Waals surface area contributed by atoms with E-state index in [0.717, 1.165) is 51.6 Å². The highest BCUT2D eigenvalue weighted by Crippen LogP contribution is 2.18. The van der Waals surface area contributed by atoms with Crippen LogP contribution in [0.3, 0.4) is 0 Å². The van der Waals surface area contributed by atoms with Crippen molar-refractivity contribution in [1.29, 1.82) is 0 Å². The zero-order chi connectivity index (χ0) is 18.2. The van der Waals surface area contributed by atoms with Crippen molar-refractivity contribution in [2.75, 3.05) is 40.4 Å². The summed E-state index contributed by atoms with van der Waals surface area (Å²) >= 11 is 0. The van der Waals surface area contributed by atoms with E-state index in [4.69, 9.17) is 4.74 Å². The van der Waals surface area contributed by atoms with Gasteiger partial charge in [0.1, 0.15) is 0 Å². The average Bonchev–Trinajstić information content (AvgIpc) is 2.70. The van der Waals surface area contributed by atoms with Gasteiger partial charge in [0.25, 0.3) is 0 Å². The van der Waals surface area contributed by atoms with Gasteiger partial charge >= 0.3 is 0 Å². The Bertz CT molecular complexity index is 724. The maximum Gasteiger partial charge on any atom is 0.191 e. The normalized spacial score (nSPS) is 16.1. The van der Waals surface area contributed by atoms with Crippen LogP contribution in [-0.2, 0) is 11.3 Å². The van der Waals surface area contributed by atoms with E-state index in [-0.39, 0.29) is 24.0 Å². The monoisotopic (exact) mass is 482 g/mol. The number of aliphatic imine (C=N–C) groups is 1. The maximum absolute atomic E-state index is 5.17. The van der Waals surface area contributed by atoms with Crippen LogP contribution in [0, 0.1) is 0 Å². The molecule has 5 nitrogen and oxygen atoms in total. The first-order chi connectivity index (χ1) is 12.8. The number of nitrogens with zero attached hydrogens (tertiary/aromatic N) is 2. The molecule has 0 bridgehead atoms. The van der Waals surface area contributed by atoms with Crippen molar-refractivity contribution in [3.05, 3.63) is 48.0 Å². The predicted octanol–water partition coefficient (Wildman–Crippen LogP) is 3.23. The third kappa shape index (κ3) is 6.33. The fourth-order valence-electron chi connectivity index (χ4n) is 3.53. The summed E-state index contributed by atoms with van der Waals surface area (Å²) in [5, 5.41) is 9.63. The van der Waals surface area contributed by atoms with E-state index >= 15 is 0 Å². The smallest absolute Gasteiger partial charge is 0.191 e. The van der Waals surface area contributed by atoms with Crippen molar-refractivity contribution in [2.24, 2.45) is 4.99 Å². The Hall–Kier alpha value is -1.38. The van der Waals surface area contributed by atoms with E-state index in [0.29, 0.717) is 6.04 Å². The Morgan fingerprint density at radius 3 is 2.63 bits per heavy atom. The summed E-state index contributed by atoms with van der Waals surface area (Å²) in [5.41, 5.74) is 1.29. The number of likely N-dealkylation sites (tertiary alicyclic amines) is 1. The molecule has 1 aliphatic heterocycles. The number of hydrogen-bond acceptors (Lipinski definition) is 3. The highest BCUT2D eigenvalue weighted by molar-refractivity contribution is 14.0. The van der Waals surface area contributed by atoms with Gasteiger partial charge in [-0.25, -0.2) is 0 Å². The van der Waals surface area contributed by atoms with Crippen LogP contribution in [0.2, 0.25) is 0 Å². The van der Waals surface area contributed by atoms with Crippen LogP contribution in [-0.4, -0.2) is 57.3 Å². The molecule has 0 unspecified atom stereocenters. The SMILES string of the molecule is CN=C(NCc1cccc2ccccc12)NC1CCN(CCOC)CC1.I. The summed E-state index contributed by atoms with van der Waals surface area (Å²) in [7, 11) is 3.60. The minimum atomic E-state index is 0. The van der Waals surface area contributed by atoms with E-state index in [2.05, 4.69) is 63.0 Å². The van der Waals surface area contributed by atoms with Crippen molar-refractivity contribution in [1.82, 2.24) is 15.5 Å². The van der Waals surface area contributed by atoms with Gasteiger partial charge < -0.3 is 20.3 Å². The molecular weight excluding hydrogens is 451 g/mol. The summed E-state index contributed by atoms with van der Waals surface area (Å²) in [5.74, 6) is 0.883. The summed E-state index contributed by atoms with van der Waals surface area (Å²) in [6.45, 7) is 4.83. The minimum absolute atomic E-state index is 0. The van der Waals surface area contributed by atoms with E-state index in [1.165, 1.54) is 16.3 Å². The molecule has 0 atom stereocenters. The Morgan fingerprint density at radius 2 is 1.89 bits per heavy atom. The standard InChI is InChI=1S/C21H30N4O.HI/c1-22-21(24-19-10-12-25(13-11-19)14-15-26-2)23-16-18-8-5-7-17-6-3-4-9-20(17)18;/h3-9,19H,10-16H2,1-2H3,(H2,22,23,24);1H. The highest BCUT2D eigenvalue weighted by Gasteiger charge is 2.19. The quantitative estimate of drug-likeness (QED) is 0.377. The van der Waals surface area contributed by atoms with E-state index < -0.39 is 0 Å². The van der Waals surface area contributed by atoms with Gasteiger partial charge in [-0.15, -0.1) is 24.0 Å². The molecule has 2 aromatic carbocycles. The largest absolute Gasteiger partial charge is 0.383 e. The summed E-state index contributed by atoms with van der Waals surface area (Å²) in [6.07, 6.45) is 2.28. The fraction of sp³-hybridized carbons (Fsp3) is 0.476. The number of nitrogens with one attached hydrogen (secondary N) is 2. The Balaban J connectivity index is 0.00000261. The van der Waals surface area contributed by atoms with E-state index in [1.54, 1.807) is 7.11 Å². The highest BCUT2D eigenvalue weighted by atomic mass is 127. The molecule has 0 saturated carbocycles. The average molecular weight is 482 g/mol. The lowest BCUT2D eigenvalue weighted by Gasteiger charge is -2.32. The van der Waals surface area contributed by atoms with Crippen LogP contribution in [0.4, 0.5) is 0 Å². The van der Waals surface area contributed by atoms with E-state index in [9.17, 15) is 0 Å². The number of hydrogen-bond donors (Lipinski definition) is 2. The number of fused-ring (bicyclic) bond motifs is 1. The van der Waals surface area contributed by atoms with Gasteiger partial charge in [0.05, 0.1) is 6.61 Å². The zero-order valence-corrected chi connectivity index (χ0v) is 18.6. The number of methoxy groups -OCH3 is 1. The van der Waals surface area contributed by atoms with Crippen LogP contribution in [0.15, 0.2) is 47.5 Å². The second kappa shape index (κ2) is 11.5. The zero-order valence-electron chi connectivity index (χ0n) is 16.3. The van der Waals surface area contributed by atoms with Crippen LogP contribution in [0.1, 0.15) is 18.4 Å². The summed E-state index contributed by atoms with van der Waals surface area (Å²) < 4.78 is 5.17. The Kier molecular flexibility index (Phi) is 9.30. The number of ether oxygens (including phenoxy) is 1. The molecular formula is C21H31IN4O. The van der Waals surface area contributed by atoms with Crippen molar-refractivity contribution >= 4 is 40.7 Å². The van der Waals surface area contributed by atoms with E-state index in [1.807, 2.05) is 7.05 Å². The lowest BCUT2D eigenvalue weighted by Crippen LogP contribution is -2.48. The molecule has 6 heteroatoms. The molecule has 1 aliphatic rings. The Morgan fingerprint density at radius 1 is 1.15 bits per heavy atom. The molecule has 0 amide bonds. The van der Waals surface area contributed by atoms with Crippen LogP contribution < -0.4 is 10.6 Å². The first-order valence-electron chi connectivity index (χ1n) is 9.45. The van der Waals surface area contributed by atoms with Gasteiger partial charge in [-0.3, -0.25) is 4.99 Å². The second-order valence-corrected chi connectivity index (χ2v) is 6.82. The van der Waals surface area contributed by atoms with Gasteiger partial charge in [-0.05, 0) is 29.2 Å². The maximum atomic E-state index is 5.17. The second-order valence-electron chi connectivity index (χ2n) is 6.82. The van der Waals surface area contributed by atoms with Crippen molar-refractivity contribution in [3.63, 3.8) is 0 Å². The molecule has 0 aromatic heterocycles. The van der Waals surface area contributed by atoms with Gasteiger partial charge in [0, 0.05) is 46.4 Å². The first-order valence-corrected chi connectivity index (χ1v) is 9.45. The molecule has 27 heavy (non-hydrogen) atoms. The molecule has 1 heterocycles. The number of rotatable bonds is 6. The molecule has 0 aliphatic carbocycles. The third-order valence-electron chi connectivity index (χ3n) is 5.09. The fourth-order valence-corrected chi connectivity index (χ4v) is 3.53. The molecule has 2 N–H and O–H groups in total. The number of halogens is 1. The van der Waals surface area contributed by atoms with Crippen LogP contribution in [0.25, 0.3) is 10.8 Å². The molecule has 3 rings (SSSR count). The van der Waals surface area contributed by atoms with Gasteiger partial charge in [0.15, 0.2) is 5.96 Å².